The molecule has 5 nitrogen and oxygen atoms in total. The highest BCUT2D eigenvalue weighted by molar-refractivity contribution is 6.31. The van der Waals surface area contributed by atoms with Crippen molar-refractivity contribution >= 4 is 17.5 Å². The SMILES string of the molecule is CC(C)c1cc2c(cn1)C(=O)N([C@H]1C(C)(C)[C@H](Oc3ccc(C#N)c(Cl)c3)C1(C)C)C2. The Hall–Kier alpha value is -2.58. The first kappa shape index (κ1) is 21.6. The summed E-state index contributed by atoms with van der Waals surface area (Å²) in [5.41, 5.74) is 2.66. The summed E-state index contributed by atoms with van der Waals surface area (Å²) in [5.74, 6) is 1.00. The first-order valence-corrected chi connectivity index (χ1v) is 11.0. The van der Waals surface area contributed by atoms with Gasteiger partial charge in [0, 0.05) is 41.4 Å². The van der Waals surface area contributed by atoms with E-state index in [9.17, 15) is 4.79 Å². The average Bonchev–Trinajstić information content (AvgIpc) is 3.00. The number of halogens is 1. The molecule has 31 heavy (non-hydrogen) atoms. The van der Waals surface area contributed by atoms with Crippen LogP contribution in [-0.4, -0.2) is 27.9 Å². The lowest BCUT2D eigenvalue weighted by atomic mass is 9.49. The van der Waals surface area contributed by atoms with Crippen LogP contribution < -0.4 is 4.74 Å². The van der Waals surface area contributed by atoms with Crippen molar-refractivity contribution in [1.82, 2.24) is 9.88 Å². The van der Waals surface area contributed by atoms with E-state index in [4.69, 9.17) is 21.6 Å². The summed E-state index contributed by atoms with van der Waals surface area (Å²) in [5, 5.41) is 9.48. The summed E-state index contributed by atoms with van der Waals surface area (Å²) < 4.78 is 6.37. The van der Waals surface area contributed by atoms with Crippen LogP contribution in [0.3, 0.4) is 0 Å². The number of carbonyl (C=O) groups excluding carboxylic acids is 1. The highest BCUT2D eigenvalue weighted by Gasteiger charge is 2.67. The van der Waals surface area contributed by atoms with Gasteiger partial charge in [-0.15, -0.1) is 0 Å². The predicted octanol–water partition coefficient (Wildman–Crippen LogP) is 5.57. The standard InChI is InChI=1S/C25H28ClN3O2/c1-14(2)20-9-16-13-29(21(30)18(16)12-28-20)22-24(3,4)23(25(22,5)6)31-17-8-7-15(11-27)19(26)10-17/h7-10,12,14,22-23H,13H2,1-6H3/t22-,23-. The van der Waals surface area contributed by atoms with Crippen LogP contribution in [0.4, 0.5) is 0 Å². The Morgan fingerprint density at radius 3 is 2.48 bits per heavy atom. The van der Waals surface area contributed by atoms with Crippen molar-refractivity contribution in [3.63, 3.8) is 0 Å². The second-order valence-electron chi connectivity index (χ2n) is 10.2. The van der Waals surface area contributed by atoms with Gasteiger partial charge in [0.25, 0.3) is 5.91 Å². The lowest BCUT2D eigenvalue weighted by molar-refractivity contribution is -0.199. The molecule has 1 aliphatic heterocycles. The molecule has 162 valence electrons. The van der Waals surface area contributed by atoms with Crippen LogP contribution in [0.25, 0.3) is 0 Å². The van der Waals surface area contributed by atoms with Crippen molar-refractivity contribution in [3.05, 3.63) is 57.9 Å². The third-order valence-electron chi connectivity index (χ3n) is 6.82. The molecule has 0 atom stereocenters. The van der Waals surface area contributed by atoms with Gasteiger partial charge < -0.3 is 9.64 Å². The maximum absolute atomic E-state index is 13.3. The lowest BCUT2D eigenvalue weighted by Crippen LogP contribution is -2.74. The number of aromatic nitrogens is 1. The number of nitrogens with zero attached hydrogens (tertiary/aromatic N) is 3. The summed E-state index contributed by atoms with van der Waals surface area (Å²) in [4.78, 5) is 19.7. The van der Waals surface area contributed by atoms with Crippen molar-refractivity contribution in [3.8, 4) is 11.8 Å². The number of amides is 1. The van der Waals surface area contributed by atoms with E-state index in [2.05, 4.69) is 58.7 Å². The zero-order chi connectivity index (χ0) is 22.7. The number of rotatable bonds is 4. The van der Waals surface area contributed by atoms with E-state index in [1.54, 1.807) is 24.4 Å². The van der Waals surface area contributed by atoms with Crippen molar-refractivity contribution in [2.75, 3.05) is 0 Å². The van der Waals surface area contributed by atoms with Crippen molar-refractivity contribution in [2.45, 2.75) is 66.2 Å². The van der Waals surface area contributed by atoms with E-state index in [0.717, 1.165) is 11.3 Å². The summed E-state index contributed by atoms with van der Waals surface area (Å²) in [6.45, 7) is 13.4. The maximum Gasteiger partial charge on any atom is 0.256 e. The molecule has 0 unspecified atom stereocenters. The Kier molecular flexibility index (Phi) is 5.05. The van der Waals surface area contributed by atoms with E-state index >= 15 is 0 Å². The van der Waals surface area contributed by atoms with Crippen LogP contribution in [0.15, 0.2) is 30.5 Å². The molecule has 2 aliphatic rings. The van der Waals surface area contributed by atoms with Gasteiger partial charge in [0.1, 0.15) is 17.9 Å². The largest absolute Gasteiger partial charge is 0.489 e. The van der Waals surface area contributed by atoms with Gasteiger partial charge in [-0.1, -0.05) is 53.1 Å². The predicted molar refractivity (Wildman–Crippen MR) is 120 cm³/mol. The highest BCUT2D eigenvalue weighted by atomic mass is 35.5. The first-order chi connectivity index (χ1) is 14.5. The fraction of sp³-hybridized carbons (Fsp3) is 0.480. The number of carbonyl (C=O) groups is 1. The van der Waals surface area contributed by atoms with E-state index in [1.807, 2.05) is 4.90 Å². The Labute approximate surface area is 189 Å². The number of benzene rings is 1. The normalized spacial score (nSPS) is 23.3. The topological polar surface area (TPSA) is 66.2 Å². The number of pyridine rings is 1. The molecule has 1 aromatic carbocycles. The highest BCUT2D eigenvalue weighted by Crippen LogP contribution is 2.59. The zero-order valence-electron chi connectivity index (χ0n) is 18.9. The molecule has 0 radical (unpaired) electrons. The molecule has 0 N–H and O–H groups in total. The smallest absolute Gasteiger partial charge is 0.256 e. The third kappa shape index (κ3) is 3.29. The van der Waals surface area contributed by atoms with E-state index in [-0.39, 0.29) is 28.9 Å². The minimum absolute atomic E-state index is 0.0150. The second kappa shape index (κ2) is 7.24. The van der Waals surface area contributed by atoms with Gasteiger partial charge in [0.2, 0.25) is 0 Å². The number of ether oxygens (including phenoxy) is 1. The minimum Gasteiger partial charge on any atom is -0.489 e. The molecular formula is C25H28ClN3O2. The Bertz CT molecular complexity index is 1080. The average molecular weight is 438 g/mol. The molecule has 2 heterocycles. The molecule has 2 aromatic rings. The van der Waals surface area contributed by atoms with Gasteiger partial charge in [-0.05, 0) is 29.7 Å². The summed E-state index contributed by atoms with van der Waals surface area (Å²) in [6, 6.07) is 9.30. The number of hydrogen-bond donors (Lipinski definition) is 0. The Morgan fingerprint density at radius 1 is 1.23 bits per heavy atom. The van der Waals surface area contributed by atoms with Crippen LogP contribution in [0, 0.1) is 22.2 Å². The zero-order valence-corrected chi connectivity index (χ0v) is 19.6. The third-order valence-corrected chi connectivity index (χ3v) is 7.13. The van der Waals surface area contributed by atoms with Crippen LogP contribution in [0.1, 0.15) is 74.6 Å². The fourth-order valence-corrected chi connectivity index (χ4v) is 6.00. The Balaban J connectivity index is 1.59. The van der Waals surface area contributed by atoms with Crippen molar-refractivity contribution in [2.24, 2.45) is 10.8 Å². The summed E-state index contributed by atoms with van der Waals surface area (Å²) in [6.07, 6.45) is 1.62. The first-order valence-electron chi connectivity index (χ1n) is 10.6. The van der Waals surface area contributed by atoms with Crippen molar-refractivity contribution in [1.29, 1.82) is 5.26 Å². The van der Waals surface area contributed by atoms with Gasteiger partial charge in [0.05, 0.1) is 16.1 Å². The molecule has 1 amide bonds. The second-order valence-corrected chi connectivity index (χ2v) is 10.6. The molecule has 6 heteroatoms. The van der Waals surface area contributed by atoms with Gasteiger partial charge in [-0.2, -0.15) is 5.26 Å². The van der Waals surface area contributed by atoms with Crippen LogP contribution in [0.5, 0.6) is 5.75 Å². The molecule has 0 saturated heterocycles. The van der Waals surface area contributed by atoms with Crippen LogP contribution >= 0.6 is 11.6 Å². The van der Waals surface area contributed by atoms with E-state index < -0.39 is 0 Å². The molecule has 0 spiro atoms. The van der Waals surface area contributed by atoms with Gasteiger partial charge in [-0.25, -0.2) is 0 Å². The lowest BCUT2D eigenvalue weighted by Gasteiger charge is -2.65. The summed E-state index contributed by atoms with van der Waals surface area (Å²) in [7, 11) is 0. The van der Waals surface area contributed by atoms with Gasteiger partial charge in [-0.3, -0.25) is 9.78 Å². The monoisotopic (exact) mass is 437 g/mol. The summed E-state index contributed by atoms with van der Waals surface area (Å²) >= 11 is 6.19. The van der Waals surface area contributed by atoms with Crippen LogP contribution in [-0.2, 0) is 6.54 Å². The van der Waals surface area contributed by atoms with Crippen LogP contribution in [0.2, 0.25) is 5.02 Å². The molecule has 1 saturated carbocycles. The molecule has 4 rings (SSSR count). The minimum atomic E-state index is -0.268. The molecular weight excluding hydrogens is 410 g/mol. The Morgan fingerprint density at radius 2 is 1.90 bits per heavy atom. The molecule has 1 aliphatic carbocycles. The number of hydrogen-bond acceptors (Lipinski definition) is 4. The van der Waals surface area contributed by atoms with Gasteiger partial charge >= 0.3 is 0 Å². The molecule has 1 aromatic heterocycles. The van der Waals surface area contributed by atoms with Crippen molar-refractivity contribution < 1.29 is 9.53 Å². The molecule has 0 bridgehead atoms. The number of fused-ring (bicyclic) bond motifs is 1. The maximum atomic E-state index is 13.3. The van der Waals surface area contributed by atoms with E-state index in [1.165, 1.54) is 0 Å². The quantitative estimate of drug-likeness (QED) is 0.627. The number of nitriles is 1. The molecule has 1 fully saturated rings. The van der Waals surface area contributed by atoms with Gasteiger partial charge in [0.15, 0.2) is 0 Å². The van der Waals surface area contributed by atoms with E-state index in [0.29, 0.717) is 34.4 Å². The fourth-order valence-electron chi connectivity index (χ4n) is 5.78.